The van der Waals surface area contributed by atoms with E-state index in [0.29, 0.717) is 16.9 Å². The quantitative estimate of drug-likeness (QED) is 0.246. The molecule has 8 nitrogen and oxygen atoms in total. The molecular weight excluding hydrogens is 500 g/mol. The van der Waals surface area contributed by atoms with Gasteiger partial charge in [-0.15, -0.1) is 0 Å². The molecule has 9 heteroatoms. The Morgan fingerprint density at radius 2 is 1.79 bits per heavy atom. The van der Waals surface area contributed by atoms with Gasteiger partial charge in [-0.05, 0) is 73.0 Å². The number of hydrogen-bond donors (Lipinski definition) is 1. The summed E-state index contributed by atoms with van der Waals surface area (Å²) in [7, 11) is 0. The molecule has 1 aliphatic rings. The molecule has 174 valence electrons. The van der Waals surface area contributed by atoms with E-state index in [2.05, 4.69) is 31.4 Å². The summed E-state index contributed by atoms with van der Waals surface area (Å²) < 4.78 is 6.72. The number of nitrogens with one attached hydrogen (secondary N) is 1. The van der Waals surface area contributed by atoms with Crippen molar-refractivity contribution in [2.45, 2.75) is 19.4 Å². The van der Waals surface area contributed by atoms with Crippen molar-refractivity contribution in [3.8, 4) is 5.75 Å². The van der Waals surface area contributed by atoms with Gasteiger partial charge >= 0.3 is 0 Å². The maximum atomic E-state index is 12.5. The highest BCUT2D eigenvalue weighted by molar-refractivity contribution is 9.10. The van der Waals surface area contributed by atoms with Crippen molar-refractivity contribution in [1.29, 1.82) is 0 Å². The first-order valence-electron chi connectivity index (χ1n) is 10.8. The highest BCUT2D eigenvalue weighted by Crippen LogP contribution is 2.24. The number of nitrogens with zero attached hydrogens (tertiary/aromatic N) is 3. The highest BCUT2D eigenvalue weighted by atomic mass is 79.9. The van der Waals surface area contributed by atoms with E-state index in [-0.39, 0.29) is 18.2 Å². The van der Waals surface area contributed by atoms with Crippen molar-refractivity contribution in [3.63, 3.8) is 0 Å². The van der Waals surface area contributed by atoms with E-state index in [4.69, 9.17) is 4.74 Å². The molecule has 3 aromatic rings. The van der Waals surface area contributed by atoms with E-state index in [1.165, 1.54) is 31.2 Å². The van der Waals surface area contributed by atoms with Gasteiger partial charge in [0.15, 0.2) is 0 Å². The number of carbonyl (C=O) groups excluding carboxylic acids is 1. The Hall–Kier alpha value is -3.72. The lowest BCUT2D eigenvalue weighted by molar-refractivity contribution is -0.384. The zero-order valence-electron chi connectivity index (χ0n) is 18.3. The Balaban J connectivity index is 1.37. The topological polar surface area (TPSA) is 97.1 Å². The molecule has 1 saturated heterocycles. The van der Waals surface area contributed by atoms with E-state index in [0.717, 1.165) is 28.8 Å². The number of hydrogen-bond acceptors (Lipinski definition) is 6. The van der Waals surface area contributed by atoms with Gasteiger partial charge in [-0.1, -0.05) is 15.9 Å². The number of non-ortho nitro benzene ring substituents is 1. The monoisotopic (exact) mass is 522 g/mol. The third-order valence-corrected chi connectivity index (χ3v) is 5.98. The van der Waals surface area contributed by atoms with Crippen molar-refractivity contribution in [2.75, 3.05) is 18.0 Å². The normalized spacial score (nSPS) is 13.3. The summed E-state index contributed by atoms with van der Waals surface area (Å²) in [5.74, 6) is 0.266. The minimum atomic E-state index is -0.440. The number of amides is 1. The van der Waals surface area contributed by atoms with E-state index in [1.54, 1.807) is 30.3 Å². The van der Waals surface area contributed by atoms with Gasteiger partial charge in [-0.3, -0.25) is 14.9 Å². The molecule has 0 aromatic heterocycles. The van der Waals surface area contributed by atoms with Gasteiger partial charge in [-0.2, -0.15) is 5.10 Å². The average molecular weight is 523 g/mol. The SMILES string of the molecule is O=C(N/N=C\c1cc(Br)ccc1OCc1ccc([N+](=O)[O-])cc1)c1ccc(N2CCCC2)cc1. The van der Waals surface area contributed by atoms with Crippen LogP contribution in [0.4, 0.5) is 11.4 Å². The van der Waals surface area contributed by atoms with Gasteiger partial charge in [0.05, 0.1) is 11.1 Å². The molecule has 0 aliphatic carbocycles. The van der Waals surface area contributed by atoms with Gasteiger partial charge in [0.25, 0.3) is 11.6 Å². The van der Waals surface area contributed by atoms with Crippen LogP contribution in [0.1, 0.15) is 34.3 Å². The Kier molecular flexibility index (Phi) is 7.54. The van der Waals surface area contributed by atoms with E-state index >= 15 is 0 Å². The molecule has 1 heterocycles. The van der Waals surface area contributed by atoms with Crippen LogP contribution in [0.15, 0.2) is 76.3 Å². The van der Waals surface area contributed by atoms with Crippen LogP contribution in [-0.4, -0.2) is 30.1 Å². The fourth-order valence-corrected chi connectivity index (χ4v) is 4.03. The van der Waals surface area contributed by atoms with Crippen LogP contribution in [0.25, 0.3) is 0 Å². The Labute approximate surface area is 205 Å². The van der Waals surface area contributed by atoms with Gasteiger partial charge < -0.3 is 9.64 Å². The Bertz CT molecular complexity index is 1190. The zero-order chi connectivity index (χ0) is 23.9. The van der Waals surface area contributed by atoms with Crippen molar-refractivity contribution in [3.05, 3.63) is 98.0 Å². The van der Waals surface area contributed by atoms with Crippen LogP contribution < -0.4 is 15.1 Å². The first-order chi connectivity index (χ1) is 16.5. The number of hydrazone groups is 1. The lowest BCUT2D eigenvalue weighted by atomic mass is 10.2. The lowest BCUT2D eigenvalue weighted by Crippen LogP contribution is -2.19. The van der Waals surface area contributed by atoms with E-state index in [1.807, 2.05) is 24.3 Å². The number of benzene rings is 3. The maximum Gasteiger partial charge on any atom is 0.271 e. The van der Waals surface area contributed by atoms with Gasteiger partial charge in [-0.25, -0.2) is 5.43 Å². The number of nitro benzene ring substituents is 1. The third kappa shape index (κ3) is 5.99. The molecule has 1 aliphatic heterocycles. The Morgan fingerprint density at radius 1 is 1.09 bits per heavy atom. The molecule has 0 unspecified atom stereocenters. The lowest BCUT2D eigenvalue weighted by Gasteiger charge is -2.17. The minimum absolute atomic E-state index is 0.0293. The van der Waals surface area contributed by atoms with Gasteiger partial charge in [0.2, 0.25) is 0 Å². The molecule has 3 aromatic carbocycles. The average Bonchev–Trinajstić information content (AvgIpc) is 3.39. The van der Waals surface area contributed by atoms with Crippen LogP contribution in [-0.2, 0) is 6.61 Å². The van der Waals surface area contributed by atoms with Crippen LogP contribution >= 0.6 is 15.9 Å². The summed E-state index contributed by atoms with van der Waals surface area (Å²) in [6, 6.07) is 19.2. The Morgan fingerprint density at radius 3 is 2.47 bits per heavy atom. The second-order valence-electron chi connectivity index (χ2n) is 7.83. The predicted octanol–water partition coefficient (Wildman–Crippen LogP) is 5.30. The van der Waals surface area contributed by atoms with Crippen LogP contribution in [0.3, 0.4) is 0 Å². The van der Waals surface area contributed by atoms with Crippen molar-refractivity contribution in [1.82, 2.24) is 5.43 Å². The van der Waals surface area contributed by atoms with Crippen LogP contribution in [0.2, 0.25) is 0 Å². The van der Waals surface area contributed by atoms with Crippen LogP contribution in [0, 0.1) is 10.1 Å². The third-order valence-electron chi connectivity index (χ3n) is 5.48. The number of rotatable bonds is 8. The number of carbonyl (C=O) groups is 1. The largest absolute Gasteiger partial charge is 0.488 e. The first-order valence-corrected chi connectivity index (χ1v) is 11.6. The molecule has 1 N–H and O–H groups in total. The summed E-state index contributed by atoms with van der Waals surface area (Å²) in [4.78, 5) is 25.1. The maximum absolute atomic E-state index is 12.5. The van der Waals surface area contributed by atoms with Crippen molar-refractivity contribution < 1.29 is 14.5 Å². The van der Waals surface area contributed by atoms with Gasteiger partial charge in [0, 0.05) is 46.5 Å². The molecule has 1 fully saturated rings. The number of ether oxygens (including phenoxy) is 1. The fraction of sp³-hybridized carbons (Fsp3) is 0.200. The zero-order valence-corrected chi connectivity index (χ0v) is 19.9. The number of nitro groups is 1. The molecule has 4 rings (SSSR count). The second-order valence-corrected chi connectivity index (χ2v) is 8.75. The molecule has 34 heavy (non-hydrogen) atoms. The molecule has 0 radical (unpaired) electrons. The molecular formula is C25H23BrN4O4. The summed E-state index contributed by atoms with van der Waals surface area (Å²) in [5, 5.41) is 14.9. The van der Waals surface area contributed by atoms with E-state index < -0.39 is 4.92 Å². The number of anilines is 1. The molecule has 0 bridgehead atoms. The second kappa shape index (κ2) is 10.9. The molecule has 0 saturated carbocycles. The van der Waals surface area contributed by atoms with Crippen molar-refractivity contribution in [2.24, 2.45) is 5.10 Å². The predicted molar refractivity (Wildman–Crippen MR) is 135 cm³/mol. The highest BCUT2D eigenvalue weighted by Gasteiger charge is 2.13. The summed E-state index contributed by atoms with van der Waals surface area (Å²) in [6.45, 7) is 2.34. The summed E-state index contributed by atoms with van der Waals surface area (Å²) in [5.41, 5.74) is 5.70. The molecule has 0 atom stereocenters. The standard InChI is InChI=1S/C25H23BrN4O4/c26-21-7-12-24(34-17-18-3-8-23(9-4-18)30(32)33)20(15-21)16-27-28-25(31)19-5-10-22(11-6-19)29-13-1-2-14-29/h3-12,15-16H,1-2,13-14,17H2,(H,28,31)/b27-16-. The van der Waals surface area contributed by atoms with E-state index in [9.17, 15) is 14.9 Å². The fourth-order valence-electron chi connectivity index (χ4n) is 3.65. The molecule has 1 amide bonds. The number of halogens is 1. The first kappa shape index (κ1) is 23.4. The van der Waals surface area contributed by atoms with Crippen LogP contribution in [0.5, 0.6) is 5.75 Å². The van der Waals surface area contributed by atoms with Gasteiger partial charge in [0.1, 0.15) is 12.4 Å². The smallest absolute Gasteiger partial charge is 0.271 e. The minimum Gasteiger partial charge on any atom is -0.488 e. The summed E-state index contributed by atoms with van der Waals surface area (Å²) in [6.07, 6.45) is 3.92. The molecule has 0 spiro atoms. The summed E-state index contributed by atoms with van der Waals surface area (Å²) >= 11 is 3.43. The van der Waals surface area contributed by atoms with Crippen molar-refractivity contribution >= 4 is 39.4 Å².